The van der Waals surface area contributed by atoms with Crippen LogP contribution in [0.15, 0.2) is 24.3 Å². The van der Waals surface area contributed by atoms with E-state index < -0.39 is 0 Å². The second-order valence-electron chi connectivity index (χ2n) is 6.78. The lowest BCUT2D eigenvalue weighted by Gasteiger charge is -2.46. The van der Waals surface area contributed by atoms with E-state index in [4.69, 9.17) is 0 Å². The molecule has 0 saturated heterocycles. The van der Waals surface area contributed by atoms with Crippen molar-refractivity contribution in [3.05, 3.63) is 35.4 Å². The van der Waals surface area contributed by atoms with E-state index in [1.165, 1.54) is 24.8 Å². The lowest BCUT2D eigenvalue weighted by atomic mass is 9.74. The Labute approximate surface area is 123 Å². The third kappa shape index (κ3) is 2.91. The average molecular weight is 275 g/mol. The zero-order chi connectivity index (χ0) is 14.8. The first-order valence-electron chi connectivity index (χ1n) is 7.93. The van der Waals surface area contributed by atoms with Crippen molar-refractivity contribution >= 4 is 0 Å². The summed E-state index contributed by atoms with van der Waals surface area (Å²) in [5.41, 5.74) is 2.31. The van der Waals surface area contributed by atoms with Gasteiger partial charge >= 0.3 is 0 Å². The average Bonchev–Trinajstić information content (AvgIpc) is 2.47. The molecular formula is C18H29NO. The molecule has 1 saturated carbocycles. The maximum atomic E-state index is 11.0. The summed E-state index contributed by atoms with van der Waals surface area (Å²) in [6.07, 6.45) is 5.53. The lowest BCUT2D eigenvalue weighted by molar-refractivity contribution is -0.0336. The van der Waals surface area contributed by atoms with Gasteiger partial charge in [-0.1, -0.05) is 57.4 Å². The molecule has 20 heavy (non-hydrogen) atoms. The maximum absolute atomic E-state index is 11.0. The van der Waals surface area contributed by atoms with E-state index in [1.807, 2.05) is 0 Å². The third-order valence-electron chi connectivity index (χ3n) is 5.04. The summed E-state index contributed by atoms with van der Waals surface area (Å²) in [5.74, 6) is 0.540. The van der Waals surface area contributed by atoms with Crippen LogP contribution >= 0.6 is 0 Å². The quantitative estimate of drug-likeness (QED) is 0.894. The minimum Gasteiger partial charge on any atom is -0.386 e. The standard InChI is InChI=1S/C18H29NO/c1-14(2)15-8-10-16(11-9-15)17(20)18(19(3)4)12-6-5-7-13-18/h8-11,14,17,20H,5-7,12-13H2,1-4H3. The van der Waals surface area contributed by atoms with Gasteiger partial charge in [0, 0.05) is 0 Å². The second-order valence-corrected chi connectivity index (χ2v) is 6.78. The minimum atomic E-state index is -0.390. The fourth-order valence-corrected chi connectivity index (χ4v) is 3.50. The SMILES string of the molecule is CC(C)c1ccc(C(O)C2(N(C)C)CCCCC2)cc1. The van der Waals surface area contributed by atoms with Crippen molar-refractivity contribution in [2.45, 2.75) is 63.5 Å². The molecule has 1 N–H and O–H groups in total. The summed E-state index contributed by atoms with van der Waals surface area (Å²) in [7, 11) is 4.22. The summed E-state index contributed by atoms with van der Waals surface area (Å²) < 4.78 is 0. The smallest absolute Gasteiger partial charge is 0.0973 e. The molecule has 112 valence electrons. The number of aliphatic hydroxyl groups is 1. The van der Waals surface area contributed by atoms with Crippen LogP contribution in [0, 0.1) is 0 Å². The zero-order valence-corrected chi connectivity index (χ0v) is 13.4. The van der Waals surface area contributed by atoms with Gasteiger partial charge in [0.15, 0.2) is 0 Å². The maximum Gasteiger partial charge on any atom is 0.0973 e. The predicted octanol–water partition coefficient (Wildman–Crippen LogP) is 4.11. The van der Waals surface area contributed by atoms with Crippen LogP contribution in [0.1, 0.15) is 69.1 Å². The number of rotatable bonds is 4. The fraction of sp³-hybridized carbons (Fsp3) is 0.667. The third-order valence-corrected chi connectivity index (χ3v) is 5.04. The molecule has 1 aromatic carbocycles. The first kappa shape index (κ1) is 15.5. The van der Waals surface area contributed by atoms with Crippen LogP contribution < -0.4 is 0 Å². The molecule has 0 aliphatic heterocycles. The van der Waals surface area contributed by atoms with Crippen molar-refractivity contribution in [2.75, 3.05) is 14.1 Å². The monoisotopic (exact) mass is 275 g/mol. The van der Waals surface area contributed by atoms with Gasteiger partial charge in [0.2, 0.25) is 0 Å². The number of benzene rings is 1. The van der Waals surface area contributed by atoms with Gasteiger partial charge in [0.05, 0.1) is 11.6 Å². The summed E-state index contributed by atoms with van der Waals surface area (Å²) in [5, 5.41) is 11.0. The molecule has 0 bridgehead atoms. The Hall–Kier alpha value is -0.860. The highest BCUT2D eigenvalue weighted by molar-refractivity contribution is 5.28. The Morgan fingerprint density at radius 3 is 1.90 bits per heavy atom. The zero-order valence-electron chi connectivity index (χ0n) is 13.4. The molecule has 0 aromatic heterocycles. The fourth-order valence-electron chi connectivity index (χ4n) is 3.50. The van der Waals surface area contributed by atoms with E-state index in [1.54, 1.807) is 0 Å². The van der Waals surface area contributed by atoms with Crippen LogP contribution in [-0.2, 0) is 0 Å². The van der Waals surface area contributed by atoms with Gasteiger partial charge in [-0.2, -0.15) is 0 Å². The van der Waals surface area contributed by atoms with Crippen LogP contribution in [0.4, 0.5) is 0 Å². The summed E-state index contributed by atoms with van der Waals surface area (Å²) >= 11 is 0. The van der Waals surface area contributed by atoms with Crippen LogP contribution in [-0.4, -0.2) is 29.6 Å². The Morgan fingerprint density at radius 1 is 0.950 bits per heavy atom. The largest absolute Gasteiger partial charge is 0.386 e. The van der Waals surface area contributed by atoms with E-state index in [9.17, 15) is 5.11 Å². The Morgan fingerprint density at radius 2 is 1.45 bits per heavy atom. The van der Waals surface area contributed by atoms with Crippen LogP contribution in [0.2, 0.25) is 0 Å². The molecule has 0 heterocycles. The van der Waals surface area contributed by atoms with E-state index >= 15 is 0 Å². The molecule has 2 nitrogen and oxygen atoms in total. The van der Waals surface area contributed by atoms with Gasteiger partial charge in [0.1, 0.15) is 0 Å². The molecule has 1 unspecified atom stereocenters. The van der Waals surface area contributed by atoms with Gasteiger partial charge in [-0.25, -0.2) is 0 Å². The number of aliphatic hydroxyl groups excluding tert-OH is 1. The molecule has 2 heteroatoms. The van der Waals surface area contributed by atoms with E-state index in [-0.39, 0.29) is 11.6 Å². The summed E-state index contributed by atoms with van der Waals surface area (Å²) in [6.45, 7) is 4.40. The Bertz CT molecular complexity index is 416. The van der Waals surface area contributed by atoms with Gasteiger partial charge in [-0.3, -0.25) is 0 Å². The van der Waals surface area contributed by atoms with Crippen LogP contribution in [0.3, 0.4) is 0 Å². The molecule has 0 spiro atoms. The number of hydrogen-bond acceptors (Lipinski definition) is 2. The molecule has 1 atom stereocenters. The number of nitrogens with zero attached hydrogens (tertiary/aromatic N) is 1. The van der Waals surface area contributed by atoms with Crippen molar-refractivity contribution in [2.24, 2.45) is 0 Å². The van der Waals surface area contributed by atoms with Crippen LogP contribution in [0.25, 0.3) is 0 Å². The van der Waals surface area contributed by atoms with Crippen molar-refractivity contribution in [3.63, 3.8) is 0 Å². The van der Waals surface area contributed by atoms with E-state index in [2.05, 4.69) is 57.1 Å². The normalized spacial score (nSPS) is 20.4. The molecule has 1 aliphatic carbocycles. The van der Waals surface area contributed by atoms with Crippen molar-refractivity contribution in [1.29, 1.82) is 0 Å². The number of hydrogen-bond donors (Lipinski definition) is 1. The minimum absolute atomic E-state index is 0.0857. The van der Waals surface area contributed by atoms with Crippen molar-refractivity contribution < 1.29 is 5.11 Å². The molecule has 1 aromatic rings. The molecule has 0 radical (unpaired) electrons. The Balaban J connectivity index is 2.25. The predicted molar refractivity (Wildman–Crippen MR) is 85.0 cm³/mol. The first-order valence-corrected chi connectivity index (χ1v) is 7.93. The Kier molecular flexibility index (Phi) is 4.87. The number of likely N-dealkylation sites (N-methyl/N-ethyl adjacent to an activating group) is 1. The van der Waals surface area contributed by atoms with Gasteiger partial charge in [0.25, 0.3) is 0 Å². The van der Waals surface area contributed by atoms with Gasteiger partial charge < -0.3 is 10.0 Å². The van der Waals surface area contributed by atoms with E-state index in [0.717, 1.165) is 18.4 Å². The van der Waals surface area contributed by atoms with Gasteiger partial charge in [-0.05, 0) is 44.0 Å². The topological polar surface area (TPSA) is 23.5 Å². The molecule has 1 fully saturated rings. The van der Waals surface area contributed by atoms with Crippen LogP contribution in [0.5, 0.6) is 0 Å². The second kappa shape index (κ2) is 6.28. The van der Waals surface area contributed by atoms with E-state index in [0.29, 0.717) is 5.92 Å². The highest BCUT2D eigenvalue weighted by Gasteiger charge is 2.41. The lowest BCUT2D eigenvalue weighted by Crippen LogP contribution is -2.50. The van der Waals surface area contributed by atoms with Crippen molar-refractivity contribution in [1.82, 2.24) is 4.90 Å². The highest BCUT2D eigenvalue weighted by Crippen LogP contribution is 2.42. The summed E-state index contributed by atoms with van der Waals surface area (Å²) in [6, 6.07) is 8.55. The molecule has 2 rings (SSSR count). The summed E-state index contributed by atoms with van der Waals surface area (Å²) in [4.78, 5) is 2.24. The first-order chi connectivity index (χ1) is 9.47. The molecule has 0 amide bonds. The highest BCUT2D eigenvalue weighted by atomic mass is 16.3. The molecular weight excluding hydrogens is 246 g/mol. The van der Waals surface area contributed by atoms with Crippen molar-refractivity contribution in [3.8, 4) is 0 Å². The molecule has 1 aliphatic rings. The van der Waals surface area contributed by atoms with Gasteiger partial charge in [-0.15, -0.1) is 0 Å².